The zero-order chi connectivity index (χ0) is 10.3. The summed E-state index contributed by atoms with van der Waals surface area (Å²) in [5, 5.41) is 3.54. The second-order valence-corrected chi connectivity index (χ2v) is 4.14. The molecule has 0 spiro atoms. The predicted octanol–water partition coefficient (Wildman–Crippen LogP) is 2.42. The van der Waals surface area contributed by atoms with Crippen molar-refractivity contribution in [2.45, 2.75) is 24.9 Å². The molecule has 3 nitrogen and oxygen atoms in total. The average Bonchev–Trinajstić information content (AvgIpc) is 2.99. The Balaban J connectivity index is 1.86. The molecule has 1 atom stereocenters. The lowest BCUT2D eigenvalue weighted by molar-refractivity contribution is 0.310. The van der Waals surface area contributed by atoms with E-state index in [-0.39, 0.29) is 0 Å². The molecule has 0 radical (unpaired) electrons. The van der Waals surface area contributed by atoms with Gasteiger partial charge in [0.1, 0.15) is 12.4 Å². The number of nitrogens with zero attached hydrogens (tertiary/aromatic N) is 1. The summed E-state index contributed by atoms with van der Waals surface area (Å²) in [6.07, 6.45) is 2.57. The number of ether oxygens (including phenoxy) is 1. The first-order valence-corrected chi connectivity index (χ1v) is 5.27. The SMILES string of the molecule is [C-]#[N+]c1ccc2c(c1)OCC2NC1CC1. The van der Waals surface area contributed by atoms with E-state index in [0.717, 1.165) is 5.75 Å². The van der Waals surface area contributed by atoms with Gasteiger partial charge in [-0.3, -0.25) is 0 Å². The lowest BCUT2D eigenvalue weighted by Crippen LogP contribution is -2.24. The highest BCUT2D eigenvalue weighted by Crippen LogP contribution is 2.37. The molecular weight excluding hydrogens is 188 g/mol. The van der Waals surface area contributed by atoms with E-state index in [4.69, 9.17) is 11.3 Å². The van der Waals surface area contributed by atoms with E-state index in [1.54, 1.807) is 0 Å². The minimum atomic E-state index is 0.326. The van der Waals surface area contributed by atoms with Gasteiger partial charge in [-0.05, 0) is 18.9 Å². The molecule has 2 aliphatic rings. The molecule has 1 heterocycles. The maximum Gasteiger partial charge on any atom is 0.190 e. The molecule has 1 saturated carbocycles. The summed E-state index contributed by atoms with van der Waals surface area (Å²) in [5.41, 5.74) is 1.86. The summed E-state index contributed by atoms with van der Waals surface area (Å²) in [4.78, 5) is 3.40. The first-order valence-electron chi connectivity index (χ1n) is 5.27. The van der Waals surface area contributed by atoms with Gasteiger partial charge >= 0.3 is 0 Å². The average molecular weight is 200 g/mol. The minimum Gasteiger partial charge on any atom is -0.493 e. The Morgan fingerprint density at radius 3 is 3.00 bits per heavy atom. The molecule has 1 N–H and O–H groups in total. The molecule has 0 amide bonds. The first-order chi connectivity index (χ1) is 7.36. The van der Waals surface area contributed by atoms with Crippen LogP contribution in [0.25, 0.3) is 4.85 Å². The molecule has 1 fully saturated rings. The van der Waals surface area contributed by atoms with Crippen molar-refractivity contribution >= 4 is 5.69 Å². The van der Waals surface area contributed by atoms with Crippen molar-refractivity contribution in [3.05, 3.63) is 35.2 Å². The van der Waals surface area contributed by atoms with Gasteiger partial charge in [0.15, 0.2) is 5.69 Å². The third-order valence-electron chi connectivity index (χ3n) is 2.92. The van der Waals surface area contributed by atoms with Crippen LogP contribution < -0.4 is 10.1 Å². The standard InChI is InChI=1S/C12H12N2O/c1-13-9-4-5-10-11(14-8-2-3-8)7-15-12(10)6-9/h4-6,8,11,14H,2-3,7H2. The molecule has 76 valence electrons. The Bertz CT molecular complexity index is 432. The van der Waals surface area contributed by atoms with Gasteiger partial charge in [0.2, 0.25) is 0 Å². The van der Waals surface area contributed by atoms with E-state index >= 15 is 0 Å². The minimum absolute atomic E-state index is 0.326. The summed E-state index contributed by atoms with van der Waals surface area (Å²) < 4.78 is 5.58. The molecule has 3 rings (SSSR count). The first kappa shape index (κ1) is 8.75. The van der Waals surface area contributed by atoms with Gasteiger partial charge < -0.3 is 10.1 Å². The van der Waals surface area contributed by atoms with Gasteiger partial charge in [-0.1, -0.05) is 12.1 Å². The van der Waals surface area contributed by atoms with Crippen molar-refractivity contribution in [1.82, 2.24) is 5.32 Å². The van der Waals surface area contributed by atoms with Gasteiger partial charge in [-0.15, -0.1) is 0 Å². The second kappa shape index (κ2) is 3.25. The van der Waals surface area contributed by atoms with Crippen molar-refractivity contribution < 1.29 is 4.74 Å². The van der Waals surface area contributed by atoms with Crippen LogP contribution in [0.4, 0.5) is 5.69 Å². The number of nitrogens with one attached hydrogen (secondary N) is 1. The molecule has 1 aromatic rings. The molecular formula is C12H12N2O. The van der Waals surface area contributed by atoms with Gasteiger partial charge in [0, 0.05) is 11.6 Å². The van der Waals surface area contributed by atoms with E-state index in [2.05, 4.69) is 10.2 Å². The quantitative estimate of drug-likeness (QED) is 0.742. The molecule has 0 bridgehead atoms. The van der Waals surface area contributed by atoms with Crippen LogP contribution in [0.1, 0.15) is 24.4 Å². The Kier molecular flexibility index (Phi) is 1.90. The molecule has 1 aliphatic carbocycles. The maximum absolute atomic E-state index is 6.93. The molecule has 1 aromatic carbocycles. The van der Waals surface area contributed by atoms with Crippen molar-refractivity contribution in [2.75, 3.05) is 6.61 Å². The van der Waals surface area contributed by atoms with Crippen LogP contribution in [0.3, 0.4) is 0 Å². The van der Waals surface area contributed by atoms with Gasteiger partial charge in [0.05, 0.1) is 12.6 Å². The van der Waals surface area contributed by atoms with Crippen LogP contribution in [0.5, 0.6) is 5.75 Å². The zero-order valence-corrected chi connectivity index (χ0v) is 8.36. The van der Waals surface area contributed by atoms with Crippen LogP contribution in [0.2, 0.25) is 0 Å². The number of fused-ring (bicyclic) bond motifs is 1. The Hall–Kier alpha value is -1.53. The summed E-state index contributed by atoms with van der Waals surface area (Å²) in [7, 11) is 0. The number of benzene rings is 1. The molecule has 1 aliphatic heterocycles. The lowest BCUT2D eigenvalue weighted by atomic mass is 10.1. The fourth-order valence-corrected chi connectivity index (χ4v) is 1.94. The Morgan fingerprint density at radius 1 is 1.40 bits per heavy atom. The van der Waals surface area contributed by atoms with Crippen LogP contribution in [0, 0.1) is 6.57 Å². The molecule has 0 saturated heterocycles. The topological polar surface area (TPSA) is 25.6 Å². The van der Waals surface area contributed by atoms with Crippen LogP contribution in [-0.4, -0.2) is 12.6 Å². The van der Waals surface area contributed by atoms with E-state index < -0.39 is 0 Å². The Morgan fingerprint density at radius 2 is 2.27 bits per heavy atom. The largest absolute Gasteiger partial charge is 0.493 e. The normalized spacial score (nSPS) is 23.0. The fraction of sp³-hybridized carbons (Fsp3) is 0.417. The third-order valence-corrected chi connectivity index (χ3v) is 2.92. The van der Waals surface area contributed by atoms with Crippen molar-refractivity contribution in [3.8, 4) is 5.75 Å². The molecule has 3 heteroatoms. The second-order valence-electron chi connectivity index (χ2n) is 4.14. The summed E-state index contributed by atoms with van der Waals surface area (Å²) in [6, 6.07) is 6.71. The number of hydrogen-bond acceptors (Lipinski definition) is 2. The van der Waals surface area contributed by atoms with Crippen LogP contribution in [0.15, 0.2) is 18.2 Å². The molecule has 1 unspecified atom stereocenters. The number of rotatable bonds is 2. The van der Waals surface area contributed by atoms with E-state index in [1.165, 1.54) is 18.4 Å². The smallest absolute Gasteiger partial charge is 0.190 e. The molecule has 0 aromatic heterocycles. The third kappa shape index (κ3) is 1.57. The monoisotopic (exact) mass is 200 g/mol. The Labute approximate surface area is 88.9 Å². The van der Waals surface area contributed by atoms with E-state index in [1.807, 2.05) is 18.2 Å². The molecule has 15 heavy (non-hydrogen) atoms. The maximum atomic E-state index is 6.93. The summed E-state index contributed by atoms with van der Waals surface area (Å²) in [6.45, 7) is 7.64. The number of hydrogen-bond donors (Lipinski definition) is 1. The van der Waals surface area contributed by atoms with Crippen molar-refractivity contribution in [2.24, 2.45) is 0 Å². The predicted molar refractivity (Wildman–Crippen MR) is 57.1 cm³/mol. The van der Waals surface area contributed by atoms with Gasteiger partial charge in [-0.25, -0.2) is 4.85 Å². The van der Waals surface area contributed by atoms with E-state index in [0.29, 0.717) is 24.4 Å². The highest BCUT2D eigenvalue weighted by atomic mass is 16.5. The highest BCUT2D eigenvalue weighted by molar-refractivity contribution is 5.54. The lowest BCUT2D eigenvalue weighted by Gasteiger charge is -2.09. The van der Waals surface area contributed by atoms with Crippen molar-refractivity contribution in [3.63, 3.8) is 0 Å². The fourth-order valence-electron chi connectivity index (χ4n) is 1.94. The van der Waals surface area contributed by atoms with Crippen LogP contribution in [-0.2, 0) is 0 Å². The van der Waals surface area contributed by atoms with E-state index in [9.17, 15) is 0 Å². The zero-order valence-electron chi connectivity index (χ0n) is 8.36. The van der Waals surface area contributed by atoms with Crippen LogP contribution >= 0.6 is 0 Å². The van der Waals surface area contributed by atoms with Gasteiger partial charge in [0.25, 0.3) is 0 Å². The van der Waals surface area contributed by atoms with Crippen molar-refractivity contribution in [1.29, 1.82) is 0 Å². The highest BCUT2D eigenvalue weighted by Gasteiger charge is 2.30. The summed E-state index contributed by atoms with van der Waals surface area (Å²) >= 11 is 0. The summed E-state index contributed by atoms with van der Waals surface area (Å²) in [5.74, 6) is 0.877. The van der Waals surface area contributed by atoms with Gasteiger partial charge in [-0.2, -0.15) is 0 Å².